The molecule has 0 bridgehead atoms. The molecule has 2 aromatic carbocycles. The Balaban J connectivity index is 1.40. The molecule has 7 nitrogen and oxygen atoms in total. The number of carbonyl (C=O) groups excluding carboxylic acids is 1. The highest BCUT2D eigenvalue weighted by Gasteiger charge is 2.34. The summed E-state index contributed by atoms with van der Waals surface area (Å²) in [5.74, 6) is 0.898. The van der Waals surface area contributed by atoms with Gasteiger partial charge in [0.25, 0.3) is 0 Å². The van der Waals surface area contributed by atoms with Crippen LogP contribution in [0.2, 0.25) is 0 Å². The van der Waals surface area contributed by atoms with Crippen molar-refractivity contribution in [3.05, 3.63) is 54.1 Å². The molecule has 1 fully saturated rings. The lowest BCUT2D eigenvalue weighted by atomic mass is 9.95. The topological polar surface area (TPSA) is 76.2 Å². The minimum atomic E-state index is -3.65. The maximum atomic E-state index is 13.1. The van der Waals surface area contributed by atoms with Crippen molar-refractivity contribution in [1.29, 1.82) is 0 Å². The Hall–Kier alpha value is -2.58. The monoisotopic (exact) mass is 444 g/mol. The first-order chi connectivity index (χ1) is 14.9. The van der Waals surface area contributed by atoms with E-state index in [1.165, 1.54) is 10.4 Å². The first kappa shape index (κ1) is 21.6. The minimum absolute atomic E-state index is 0.0341. The Morgan fingerprint density at radius 1 is 1.03 bits per heavy atom. The molecule has 0 aliphatic carbocycles. The summed E-state index contributed by atoms with van der Waals surface area (Å²) in [4.78, 5) is 15.0. The summed E-state index contributed by atoms with van der Waals surface area (Å²) in [5, 5.41) is 0. The van der Waals surface area contributed by atoms with Gasteiger partial charge in [0.05, 0.1) is 10.9 Å². The Bertz CT molecular complexity index is 1030. The molecular weight excluding hydrogens is 416 g/mol. The van der Waals surface area contributed by atoms with Crippen molar-refractivity contribution < 1.29 is 22.7 Å². The highest BCUT2D eigenvalue weighted by atomic mass is 32.2. The number of nitrogens with zero attached hydrogens (tertiary/aromatic N) is 2. The van der Waals surface area contributed by atoms with Crippen LogP contribution in [0.3, 0.4) is 0 Å². The van der Waals surface area contributed by atoms with Gasteiger partial charge in [-0.1, -0.05) is 30.3 Å². The SMILES string of the molecule is CC(c1ccccc1)N(C)C(=O)C1CCN(S(=O)(=O)c2ccc3c(c2)OCCO3)CC1. The van der Waals surface area contributed by atoms with Gasteiger partial charge in [0.15, 0.2) is 11.5 Å². The molecule has 2 heterocycles. The second-order valence-corrected chi connectivity index (χ2v) is 9.96. The lowest BCUT2D eigenvalue weighted by molar-refractivity contribution is -0.137. The highest BCUT2D eigenvalue weighted by Crippen LogP contribution is 2.34. The van der Waals surface area contributed by atoms with Crippen LogP contribution in [0.25, 0.3) is 0 Å². The number of carbonyl (C=O) groups is 1. The van der Waals surface area contributed by atoms with Crippen LogP contribution in [0.4, 0.5) is 0 Å². The lowest BCUT2D eigenvalue weighted by Crippen LogP contribution is -2.44. The molecule has 0 spiro atoms. The van der Waals surface area contributed by atoms with Gasteiger partial charge in [0.1, 0.15) is 13.2 Å². The van der Waals surface area contributed by atoms with Crippen LogP contribution >= 0.6 is 0 Å². The van der Waals surface area contributed by atoms with E-state index >= 15 is 0 Å². The van der Waals surface area contributed by atoms with Gasteiger partial charge in [0.2, 0.25) is 15.9 Å². The van der Waals surface area contributed by atoms with E-state index < -0.39 is 10.0 Å². The van der Waals surface area contributed by atoms with Crippen LogP contribution in [-0.2, 0) is 14.8 Å². The van der Waals surface area contributed by atoms with Crippen molar-refractivity contribution in [2.75, 3.05) is 33.4 Å². The van der Waals surface area contributed by atoms with Crippen LogP contribution in [0.15, 0.2) is 53.4 Å². The molecule has 0 aromatic heterocycles. The summed E-state index contributed by atoms with van der Waals surface area (Å²) < 4.78 is 38.7. The van der Waals surface area contributed by atoms with E-state index in [1.54, 1.807) is 17.0 Å². The first-order valence-electron chi connectivity index (χ1n) is 10.6. The number of benzene rings is 2. The largest absolute Gasteiger partial charge is 0.486 e. The van der Waals surface area contributed by atoms with Gasteiger partial charge in [-0.3, -0.25) is 4.79 Å². The fourth-order valence-electron chi connectivity index (χ4n) is 4.11. The van der Waals surface area contributed by atoms with E-state index in [-0.39, 0.29) is 22.8 Å². The van der Waals surface area contributed by atoms with Crippen LogP contribution in [-0.4, -0.2) is 56.9 Å². The number of hydrogen-bond donors (Lipinski definition) is 0. The maximum Gasteiger partial charge on any atom is 0.243 e. The third kappa shape index (κ3) is 4.41. The molecule has 1 atom stereocenters. The summed E-state index contributed by atoms with van der Waals surface area (Å²) in [6, 6.07) is 14.6. The van der Waals surface area contributed by atoms with Gasteiger partial charge >= 0.3 is 0 Å². The molecule has 0 radical (unpaired) electrons. The molecule has 1 unspecified atom stereocenters. The predicted molar refractivity (Wildman–Crippen MR) is 117 cm³/mol. The van der Waals surface area contributed by atoms with E-state index in [4.69, 9.17) is 9.47 Å². The average Bonchev–Trinajstić information content (AvgIpc) is 2.83. The number of rotatable bonds is 5. The molecule has 4 rings (SSSR count). The van der Waals surface area contributed by atoms with Crippen molar-refractivity contribution in [2.24, 2.45) is 5.92 Å². The smallest absolute Gasteiger partial charge is 0.243 e. The van der Waals surface area contributed by atoms with Gasteiger partial charge in [-0.05, 0) is 37.5 Å². The molecule has 2 aliphatic rings. The van der Waals surface area contributed by atoms with Crippen LogP contribution < -0.4 is 9.47 Å². The quantitative estimate of drug-likeness (QED) is 0.708. The zero-order valence-electron chi connectivity index (χ0n) is 17.9. The second kappa shape index (κ2) is 8.88. The van der Waals surface area contributed by atoms with Crippen LogP contribution in [0, 0.1) is 5.92 Å². The molecule has 1 saturated heterocycles. The summed E-state index contributed by atoms with van der Waals surface area (Å²) in [6.45, 7) is 3.51. The van der Waals surface area contributed by atoms with Crippen molar-refractivity contribution in [2.45, 2.75) is 30.7 Å². The minimum Gasteiger partial charge on any atom is -0.486 e. The molecule has 1 amide bonds. The molecule has 0 N–H and O–H groups in total. The third-order valence-corrected chi connectivity index (χ3v) is 8.06. The zero-order chi connectivity index (χ0) is 22.0. The summed E-state index contributed by atoms with van der Waals surface area (Å²) >= 11 is 0. The fourth-order valence-corrected chi connectivity index (χ4v) is 5.60. The standard InChI is InChI=1S/C23H28N2O5S/c1-17(18-6-4-3-5-7-18)24(2)23(26)19-10-12-25(13-11-19)31(27,28)20-8-9-21-22(16-20)30-15-14-29-21/h3-9,16-17,19H,10-15H2,1-2H3. The molecule has 0 saturated carbocycles. The van der Waals surface area contributed by atoms with Crippen LogP contribution in [0.5, 0.6) is 11.5 Å². The molecule has 8 heteroatoms. The number of ether oxygens (including phenoxy) is 2. The van der Waals surface area contributed by atoms with E-state index in [2.05, 4.69) is 0 Å². The Labute approximate surface area is 183 Å². The van der Waals surface area contributed by atoms with Gasteiger partial charge in [-0.25, -0.2) is 8.42 Å². The number of amides is 1. The Morgan fingerprint density at radius 2 is 1.68 bits per heavy atom. The number of hydrogen-bond acceptors (Lipinski definition) is 5. The van der Waals surface area contributed by atoms with Crippen LogP contribution in [0.1, 0.15) is 31.4 Å². The molecule has 31 heavy (non-hydrogen) atoms. The second-order valence-electron chi connectivity index (χ2n) is 8.02. The molecule has 166 valence electrons. The van der Waals surface area contributed by atoms with Crippen molar-refractivity contribution in [3.8, 4) is 11.5 Å². The van der Waals surface area contributed by atoms with Gasteiger partial charge in [0, 0.05) is 32.1 Å². The number of fused-ring (bicyclic) bond motifs is 1. The highest BCUT2D eigenvalue weighted by molar-refractivity contribution is 7.89. The lowest BCUT2D eigenvalue weighted by Gasteiger charge is -2.34. The zero-order valence-corrected chi connectivity index (χ0v) is 18.7. The van der Waals surface area contributed by atoms with Crippen molar-refractivity contribution in [3.63, 3.8) is 0 Å². The van der Waals surface area contributed by atoms with Crippen molar-refractivity contribution >= 4 is 15.9 Å². The molecule has 2 aliphatic heterocycles. The van der Waals surface area contributed by atoms with Gasteiger partial charge in [-0.15, -0.1) is 0 Å². The fraction of sp³-hybridized carbons (Fsp3) is 0.435. The van der Waals surface area contributed by atoms with E-state index in [0.29, 0.717) is 50.6 Å². The normalized spacial score (nSPS) is 18.4. The summed E-state index contributed by atoms with van der Waals surface area (Å²) in [7, 11) is -1.83. The third-order valence-electron chi connectivity index (χ3n) is 6.17. The summed E-state index contributed by atoms with van der Waals surface area (Å²) in [6.07, 6.45) is 1.02. The van der Waals surface area contributed by atoms with E-state index in [0.717, 1.165) is 5.56 Å². The van der Waals surface area contributed by atoms with Gasteiger partial charge < -0.3 is 14.4 Å². The van der Waals surface area contributed by atoms with E-state index in [9.17, 15) is 13.2 Å². The number of sulfonamides is 1. The number of piperidine rings is 1. The molecule has 2 aromatic rings. The predicted octanol–water partition coefficient (Wildman–Crippen LogP) is 3.08. The summed E-state index contributed by atoms with van der Waals surface area (Å²) in [5.41, 5.74) is 1.08. The Kier molecular flexibility index (Phi) is 6.20. The average molecular weight is 445 g/mol. The Morgan fingerprint density at radius 3 is 2.35 bits per heavy atom. The van der Waals surface area contributed by atoms with Crippen molar-refractivity contribution in [1.82, 2.24) is 9.21 Å². The molecular formula is C23H28N2O5S. The van der Waals surface area contributed by atoms with Gasteiger partial charge in [-0.2, -0.15) is 4.31 Å². The van der Waals surface area contributed by atoms with E-state index in [1.807, 2.05) is 44.3 Å². The first-order valence-corrected chi connectivity index (χ1v) is 12.0. The maximum absolute atomic E-state index is 13.1.